The maximum Gasteiger partial charge on any atom is 0.256 e. The van der Waals surface area contributed by atoms with E-state index in [1.165, 1.54) is 0 Å². The van der Waals surface area contributed by atoms with E-state index in [0.29, 0.717) is 35.4 Å². The first-order valence-corrected chi connectivity index (χ1v) is 12.7. The maximum absolute atomic E-state index is 14.4. The molecule has 4 N–H and O–H groups in total. The minimum Gasteiger partial charge on any atom is -0.478 e. The summed E-state index contributed by atoms with van der Waals surface area (Å²) in [5.74, 6) is 0.661. The summed E-state index contributed by atoms with van der Waals surface area (Å²) < 4.78 is 21.3. The number of H-pyrrole nitrogens is 1. The minimum absolute atomic E-state index is 0.181. The summed E-state index contributed by atoms with van der Waals surface area (Å²) in [5.41, 5.74) is 3.65. The van der Waals surface area contributed by atoms with Crippen LogP contribution in [0.5, 0.6) is 5.88 Å². The second-order valence-corrected chi connectivity index (χ2v) is 9.73. The van der Waals surface area contributed by atoms with Gasteiger partial charge >= 0.3 is 0 Å². The Labute approximate surface area is 218 Å². The molecule has 0 aliphatic carbocycles. The number of aromatic amines is 1. The van der Waals surface area contributed by atoms with Gasteiger partial charge in [-0.3, -0.25) is 14.4 Å². The molecular weight excluding hydrogens is 489 g/mol. The van der Waals surface area contributed by atoms with Gasteiger partial charge in [-0.2, -0.15) is 0 Å². The van der Waals surface area contributed by atoms with E-state index in [1.807, 2.05) is 35.4 Å². The molecule has 3 unspecified atom stereocenters. The van der Waals surface area contributed by atoms with Gasteiger partial charge in [0.25, 0.3) is 5.88 Å². The van der Waals surface area contributed by atoms with Crippen LogP contribution in [0.1, 0.15) is 12.8 Å². The number of halogens is 1. The number of ether oxygens (including phenoxy) is 1. The number of alkyl halides is 1. The van der Waals surface area contributed by atoms with Crippen LogP contribution < -0.4 is 20.7 Å². The van der Waals surface area contributed by atoms with Crippen molar-refractivity contribution in [1.29, 1.82) is 0 Å². The van der Waals surface area contributed by atoms with Gasteiger partial charge in [-0.05, 0) is 25.1 Å². The second-order valence-electron chi connectivity index (χ2n) is 9.73. The number of aromatic nitrogens is 5. The molecule has 2 aliphatic rings. The molecule has 0 bridgehead atoms. The molecule has 3 aromatic heterocycles. The first kappa shape index (κ1) is 24.3. The van der Waals surface area contributed by atoms with Gasteiger partial charge in [-0.1, -0.05) is 12.1 Å². The quantitative estimate of drug-likeness (QED) is 0.294. The fourth-order valence-electron chi connectivity index (χ4n) is 5.47. The van der Waals surface area contributed by atoms with Crippen molar-refractivity contribution in [1.82, 2.24) is 34.9 Å². The monoisotopic (exact) mass is 519 g/mol. The third-order valence-corrected chi connectivity index (χ3v) is 7.23. The Hall–Kier alpha value is -4.03. The van der Waals surface area contributed by atoms with Gasteiger partial charge in [0.1, 0.15) is 11.9 Å². The zero-order valence-corrected chi connectivity index (χ0v) is 21.2. The number of aryl methyl sites for hydroxylation is 1. The predicted molar refractivity (Wildman–Crippen MR) is 142 cm³/mol. The van der Waals surface area contributed by atoms with Crippen molar-refractivity contribution in [3.63, 3.8) is 0 Å². The van der Waals surface area contributed by atoms with Crippen molar-refractivity contribution >= 4 is 34.1 Å². The van der Waals surface area contributed by atoms with E-state index in [4.69, 9.17) is 4.74 Å². The molecule has 6 rings (SSSR count). The number of hydrogen-bond acceptors (Lipinski definition) is 8. The van der Waals surface area contributed by atoms with Crippen molar-refractivity contribution in [3.8, 4) is 17.1 Å². The lowest BCUT2D eigenvalue weighted by Crippen LogP contribution is -2.46. The highest BCUT2D eigenvalue weighted by molar-refractivity contribution is 6.06. The van der Waals surface area contributed by atoms with E-state index in [0.717, 1.165) is 36.0 Å². The number of likely N-dealkylation sites (tertiary alicyclic amines) is 1. The molecule has 1 aromatic carbocycles. The smallest absolute Gasteiger partial charge is 0.256 e. The van der Waals surface area contributed by atoms with E-state index in [-0.39, 0.29) is 18.4 Å². The lowest BCUT2D eigenvalue weighted by atomic mass is 10.1. The molecule has 11 nitrogen and oxygen atoms in total. The number of fused-ring (bicyclic) bond motifs is 1. The van der Waals surface area contributed by atoms with E-state index < -0.39 is 12.2 Å². The molecule has 0 saturated carbocycles. The molecular formula is C26H30FN9O2. The van der Waals surface area contributed by atoms with Crippen LogP contribution >= 0.6 is 0 Å². The third kappa shape index (κ3) is 4.56. The fraction of sp³-hybridized carbons (Fsp3) is 0.385. The Morgan fingerprint density at radius 1 is 1.26 bits per heavy atom. The zero-order chi connectivity index (χ0) is 26.2. The second kappa shape index (κ2) is 10.0. The molecule has 12 heteroatoms. The van der Waals surface area contributed by atoms with Gasteiger partial charge in [-0.25, -0.2) is 14.4 Å². The van der Waals surface area contributed by atoms with Crippen LogP contribution in [0.2, 0.25) is 0 Å². The van der Waals surface area contributed by atoms with Crippen LogP contribution in [0.3, 0.4) is 0 Å². The zero-order valence-electron chi connectivity index (χ0n) is 21.2. The number of nitrogens with one attached hydrogen (secondary N) is 4. The van der Waals surface area contributed by atoms with Gasteiger partial charge in [0.05, 0.1) is 36.2 Å². The summed E-state index contributed by atoms with van der Waals surface area (Å²) >= 11 is 0. The number of amides is 1. The maximum atomic E-state index is 14.4. The molecule has 0 radical (unpaired) electrons. The van der Waals surface area contributed by atoms with Gasteiger partial charge in [0, 0.05) is 55.9 Å². The van der Waals surface area contributed by atoms with Crippen molar-refractivity contribution in [2.24, 2.45) is 7.05 Å². The van der Waals surface area contributed by atoms with E-state index >= 15 is 0 Å². The number of hydrogen-bond donors (Lipinski definition) is 4. The van der Waals surface area contributed by atoms with Crippen molar-refractivity contribution in [3.05, 3.63) is 42.9 Å². The first-order valence-electron chi connectivity index (χ1n) is 12.7. The number of carbonyl (C=O) groups is 1. The predicted octanol–water partition coefficient (Wildman–Crippen LogP) is 2.82. The average molecular weight is 520 g/mol. The summed E-state index contributed by atoms with van der Waals surface area (Å²) in [6.07, 6.45) is 5.47. The van der Waals surface area contributed by atoms with Gasteiger partial charge in [0.2, 0.25) is 11.9 Å². The SMILES string of the molecule is COc1nn(C)cc1Nc1nccc(-c2c[nH]c3c(NC(=O)C4CC(F)CN4C4CCNC4)cccc23)n1. The lowest BCUT2D eigenvalue weighted by Gasteiger charge is -2.28. The summed E-state index contributed by atoms with van der Waals surface area (Å²) in [4.78, 5) is 27.7. The Bertz CT molecular complexity index is 1460. The number of rotatable bonds is 7. The van der Waals surface area contributed by atoms with E-state index in [9.17, 15) is 9.18 Å². The van der Waals surface area contributed by atoms with Gasteiger partial charge < -0.3 is 25.7 Å². The number of carbonyl (C=O) groups excluding carboxylic acids is 1. The van der Waals surface area contributed by atoms with Crippen LogP contribution in [0, 0.1) is 0 Å². The van der Waals surface area contributed by atoms with Gasteiger partial charge in [-0.15, -0.1) is 5.10 Å². The van der Waals surface area contributed by atoms with Crippen LogP contribution in [-0.4, -0.2) is 80.5 Å². The summed E-state index contributed by atoms with van der Waals surface area (Å²) in [6.45, 7) is 1.98. The lowest BCUT2D eigenvalue weighted by molar-refractivity contribution is -0.121. The van der Waals surface area contributed by atoms with Crippen LogP contribution in [0.25, 0.3) is 22.2 Å². The highest BCUT2D eigenvalue weighted by atomic mass is 19.1. The Balaban J connectivity index is 1.25. The summed E-state index contributed by atoms with van der Waals surface area (Å²) in [6, 6.07) is 7.24. The van der Waals surface area contributed by atoms with Crippen LogP contribution in [0.4, 0.5) is 21.7 Å². The summed E-state index contributed by atoms with van der Waals surface area (Å²) in [7, 11) is 3.36. The molecule has 2 fully saturated rings. The van der Waals surface area contributed by atoms with Crippen LogP contribution in [0.15, 0.2) is 42.9 Å². The molecule has 198 valence electrons. The normalized spacial score (nSPS) is 21.7. The third-order valence-electron chi connectivity index (χ3n) is 7.23. The van der Waals surface area contributed by atoms with Crippen molar-refractivity contribution in [2.75, 3.05) is 37.4 Å². The largest absolute Gasteiger partial charge is 0.478 e. The highest BCUT2D eigenvalue weighted by Crippen LogP contribution is 2.33. The molecule has 4 aromatic rings. The summed E-state index contributed by atoms with van der Waals surface area (Å²) in [5, 5.41) is 14.7. The molecule has 38 heavy (non-hydrogen) atoms. The Kier molecular flexibility index (Phi) is 6.42. The topological polar surface area (TPSA) is 125 Å². The minimum atomic E-state index is -0.994. The van der Waals surface area contributed by atoms with E-state index in [2.05, 4.69) is 36.0 Å². The Morgan fingerprint density at radius 3 is 2.97 bits per heavy atom. The Morgan fingerprint density at radius 2 is 2.16 bits per heavy atom. The number of nitrogens with zero attached hydrogens (tertiary/aromatic N) is 5. The average Bonchev–Trinajstić information content (AvgIpc) is 3.70. The van der Waals surface area contributed by atoms with Gasteiger partial charge in [0.15, 0.2) is 0 Å². The molecule has 2 aliphatic heterocycles. The van der Waals surface area contributed by atoms with Crippen LogP contribution in [-0.2, 0) is 11.8 Å². The first-order chi connectivity index (χ1) is 18.5. The molecule has 2 saturated heterocycles. The number of benzene rings is 1. The number of para-hydroxylation sites is 1. The molecule has 5 heterocycles. The highest BCUT2D eigenvalue weighted by Gasteiger charge is 2.41. The van der Waals surface area contributed by atoms with Crippen molar-refractivity contribution < 1.29 is 13.9 Å². The van der Waals surface area contributed by atoms with E-state index in [1.54, 1.807) is 31.2 Å². The molecule has 1 amide bonds. The standard InChI is InChI=1S/C26H30FN9O2/c1-35-14-21(25(34-35)38-2)33-26-29-9-7-19(32-26)18-12-30-23-17(18)4-3-5-20(23)31-24(37)22-10-15(27)13-36(22)16-6-8-28-11-16/h3-5,7,9,12,14-16,22,28,30H,6,8,10-11,13H2,1-2H3,(H,31,37)(H,29,32,33). The number of anilines is 3. The number of methoxy groups -OCH3 is 1. The molecule has 3 atom stereocenters. The molecule has 0 spiro atoms. The fourth-order valence-corrected chi connectivity index (χ4v) is 5.47. The van der Waals surface area contributed by atoms with Crippen molar-refractivity contribution in [2.45, 2.75) is 31.1 Å².